The predicted molar refractivity (Wildman–Crippen MR) is 103 cm³/mol. The molecule has 3 aromatic rings. The standard InChI is InChI=1S/C20H24N6O/c1-13-19(14(2)27-25-13)17-11-22-10-16(24-17)18-7-5-9-26(18)12-15-6-4-8-23-20(15)21-3/h4,6,8,10-11,18H,5,7,9,12H2,1-3H3,(H,21,23)/t18-/m1/s1. The zero-order chi connectivity index (χ0) is 18.8. The summed E-state index contributed by atoms with van der Waals surface area (Å²) in [5.74, 6) is 1.70. The van der Waals surface area contributed by atoms with Crippen LogP contribution >= 0.6 is 0 Å². The van der Waals surface area contributed by atoms with Gasteiger partial charge in [0.15, 0.2) is 0 Å². The van der Waals surface area contributed by atoms with E-state index in [9.17, 15) is 0 Å². The van der Waals surface area contributed by atoms with Crippen LogP contribution < -0.4 is 5.32 Å². The Morgan fingerprint density at radius 2 is 2.19 bits per heavy atom. The zero-order valence-corrected chi connectivity index (χ0v) is 15.9. The third kappa shape index (κ3) is 3.42. The van der Waals surface area contributed by atoms with Gasteiger partial charge in [-0.3, -0.25) is 9.88 Å². The molecule has 0 unspecified atom stereocenters. The number of anilines is 1. The Labute approximate surface area is 158 Å². The highest BCUT2D eigenvalue weighted by molar-refractivity contribution is 5.62. The minimum Gasteiger partial charge on any atom is -0.373 e. The molecule has 0 amide bonds. The Morgan fingerprint density at radius 1 is 1.30 bits per heavy atom. The number of hydrogen-bond donors (Lipinski definition) is 1. The van der Waals surface area contributed by atoms with Crippen molar-refractivity contribution in [3.8, 4) is 11.3 Å². The maximum absolute atomic E-state index is 5.30. The van der Waals surface area contributed by atoms with Crippen molar-refractivity contribution >= 4 is 5.82 Å². The molecular formula is C20H24N6O. The van der Waals surface area contributed by atoms with E-state index < -0.39 is 0 Å². The molecule has 3 aromatic heterocycles. The monoisotopic (exact) mass is 364 g/mol. The van der Waals surface area contributed by atoms with Crippen molar-refractivity contribution in [3.63, 3.8) is 0 Å². The SMILES string of the molecule is CNc1ncccc1CN1CCC[C@@H]1c1cncc(-c2c(C)noc2C)n1. The molecule has 1 N–H and O–H groups in total. The molecule has 1 aliphatic heterocycles. The second-order valence-electron chi connectivity index (χ2n) is 6.92. The Hall–Kier alpha value is -2.80. The van der Waals surface area contributed by atoms with Crippen LogP contribution in [0.15, 0.2) is 35.2 Å². The molecule has 0 radical (unpaired) electrons. The maximum Gasteiger partial charge on any atom is 0.143 e. The molecule has 7 nitrogen and oxygen atoms in total. The summed E-state index contributed by atoms with van der Waals surface area (Å²) < 4.78 is 5.30. The first-order valence-electron chi connectivity index (χ1n) is 9.28. The molecule has 0 bridgehead atoms. The lowest BCUT2D eigenvalue weighted by atomic mass is 10.1. The van der Waals surface area contributed by atoms with Crippen LogP contribution in [0.2, 0.25) is 0 Å². The van der Waals surface area contributed by atoms with Gasteiger partial charge in [-0.2, -0.15) is 0 Å². The van der Waals surface area contributed by atoms with E-state index in [2.05, 4.69) is 31.4 Å². The Bertz CT molecular complexity index is 918. The summed E-state index contributed by atoms with van der Waals surface area (Å²) >= 11 is 0. The number of nitrogens with zero attached hydrogens (tertiary/aromatic N) is 5. The van der Waals surface area contributed by atoms with Gasteiger partial charge < -0.3 is 9.84 Å². The number of aryl methyl sites for hydroxylation is 2. The Kier molecular flexibility index (Phi) is 4.85. The van der Waals surface area contributed by atoms with Crippen molar-refractivity contribution < 1.29 is 4.52 Å². The number of likely N-dealkylation sites (tertiary alicyclic amines) is 1. The molecule has 0 aromatic carbocycles. The summed E-state index contributed by atoms with van der Waals surface area (Å²) in [7, 11) is 1.91. The van der Waals surface area contributed by atoms with Gasteiger partial charge in [0.25, 0.3) is 0 Å². The second-order valence-corrected chi connectivity index (χ2v) is 6.92. The maximum atomic E-state index is 5.30. The fourth-order valence-electron chi connectivity index (χ4n) is 3.87. The molecule has 27 heavy (non-hydrogen) atoms. The van der Waals surface area contributed by atoms with Gasteiger partial charge in [0.2, 0.25) is 0 Å². The summed E-state index contributed by atoms with van der Waals surface area (Å²) in [6.45, 7) is 5.73. The highest BCUT2D eigenvalue weighted by Crippen LogP contribution is 2.34. The number of nitrogens with one attached hydrogen (secondary N) is 1. The molecule has 0 aliphatic carbocycles. The van der Waals surface area contributed by atoms with Gasteiger partial charge in [0, 0.05) is 25.4 Å². The van der Waals surface area contributed by atoms with Crippen molar-refractivity contribution in [1.29, 1.82) is 0 Å². The molecule has 140 valence electrons. The van der Waals surface area contributed by atoms with Gasteiger partial charge in [-0.25, -0.2) is 9.97 Å². The minimum absolute atomic E-state index is 0.253. The average molecular weight is 364 g/mol. The van der Waals surface area contributed by atoms with E-state index in [0.29, 0.717) is 0 Å². The third-order valence-corrected chi connectivity index (χ3v) is 5.15. The van der Waals surface area contributed by atoms with Crippen molar-refractivity contribution in [1.82, 2.24) is 25.0 Å². The second kappa shape index (κ2) is 7.44. The van der Waals surface area contributed by atoms with Crippen LogP contribution in [0.25, 0.3) is 11.3 Å². The number of rotatable bonds is 5. The third-order valence-electron chi connectivity index (χ3n) is 5.15. The van der Waals surface area contributed by atoms with Crippen LogP contribution in [-0.2, 0) is 6.54 Å². The van der Waals surface area contributed by atoms with E-state index in [1.807, 2.05) is 39.4 Å². The molecule has 7 heteroatoms. The van der Waals surface area contributed by atoms with Crippen molar-refractivity contribution in [2.45, 2.75) is 39.3 Å². The Balaban J connectivity index is 1.62. The van der Waals surface area contributed by atoms with Gasteiger partial charge in [-0.1, -0.05) is 11.2 Å². The van der Waals surface area contributed by atoms with Crippen LogP contribution in [-0.4, -0.2) is 38.6 Å². The van der Waals surface area contributed by atoms with Crippen LogP contribution in [0.4, 0.5) is 5.82 Å². The van der Waals surface area contributed by atoms with E-state index in [1.54, 1.807) is 6.20 Å². The largest absolute Gasteiger partial charge is 0.373 e. The number of pyridine rings is 1. The average Bonchev–Trinajstić information content (AvgIpc) is 3.28. The highest BCUT2D eigenvalue weighted by atomic mass is 16.5. The van der Waals surface area contributed by atoms with Crippen LogP contribution in [0, 0.1) is 13.8 Å². The molecule has 4 heterocycles. The van der Waals surface area contributed by atoms with Crippen molar-refractivity contribution in [2.75, 3.05) is 18.9 Å². The van der Waals surface area contributed by atoms with Crippen LogP contribution in [0.5, 0.6) is 0 Å². The van der Waals surface area contributed by atoms with E-state index in [4.69, 9.17) is 9.51 Å². The lowest BCUT2D eigenvalue weighted by molar-refractivity contribution is 0.244. The molecule has 0 saturated carbocycles. The molecule has 1 atom stereocenters. The van der Waals surface area contributed by atoms with E-state index in [1.165, 1.54) is 5.56 Å². The molecule has 1 saturated heterocycles. The van der Waals surface area contributed by atoms with Crippen LogP contribution in [0.3, 0.4) is 0 Å². The van der Waals surface area contributed by atoms with Gasteiger partial charge in [-0.15, -0.1) is 0 Å². The lowest BCUT2D eigenvalue weighted by Crippen LogP contribution is -2.24. The fraction of sp³-hybridized carbons (Fsp3) is 0.400. The first-order chi connectivity index (χ1) is 13.2. The molecule has 0 spiro atoms. The quantitative estimate of drug-likeness (QED) is 0.742. The molecule has 4 rings (SSSR count). The molecule has 1 fully saturated rings. The smallest absolute Gasteiger partial charge is 0.143 e. The fourth-order valence-corrected chi connectivity index (χ4v) is 3.87. The van der Waals surface area contributed by atoms with Gasteiger partial charge in [0.05, 0.1) is 41.1 Å². The summed E-state index contributed by atoms with van der Waals surface area (Å²) in [6, 6.07) is 4.36. The van der Waals surface area contributed by atoms with Crippen molar-refractivity contribution in [3.05, 3.63) is 53.4 Å². The topological polar surface area (TPSA) is 80.0 Å². The number of aromatic nitrogens is 4. The highest BCUT2D eigenvalue weighted by Gasteiger charge is 2.28. The predicted octanol–water partition coefficient (Wildman–Crippen LogP) is 3.52. The van der Waals surface area contributed by atoms with E-state index in [0.717, 1.165) is 60.2 Å². The summed E-state index contributed by atoms with van der Waals surface area (Å²) in [5.41, 5.74) is 4.81. The number of hydrogen-bond acceptors (Lipinski definition) is 7. The summed E-state index contributed by atoms with van der Waals surface area (Å²) in [5, 5.41) is 7.22. The first-order valence-corrected chi connectivity index (χ1v) is 9.28. The van der Waals surface area contributed by atoms with Crippen LogP contribution in [0.1, 0.15) is 41.6 Å². The molecule has 1 aliphatic rings. The summed E-state index contributed by atoms with van der Waals surface area (Å²) in [6.07, 6.45) is 7.71. The normalized spacial score (nSPS) is 17.4. The summed E-state index contributed by atoms with van der Waals surface area (Å²) in [4.78, 5) is 16.3. The van der Waals surface area contributed by atoms with Gasteiger partial charge in [0.1, 0.15) is 11.6 Å². The molecular weight excluding hydrogens is 340 g/mol. The minimum atomic E-state index is 0.253. The van der Waals surface area contributed by atoms with E-state index in [-0.39, 0.29) is 6.04 Å². The van der Waals surface area contributed by atoms with Crippen molar-refractivity contribution in [2.24, 2.45) is 0 Å². The zero-order valence-electron chi connectivity index (χ0n) is 15.9. The first kappa shape index (κ1) is 17.6. The van der Waals surface area contributed by atoms with E-state index >= 15 is 0 Å². The Morgan fingerprint density at radius 3 is 2.96 bits per heavy atom. The lowest BCUT2D eigenvalue weighted by Gasteiger charge is -2.24. The van der Waals surface area contributed by atoms with Gasteiger partial charge >= 0.3 is 0 Å². The van der Waals surface area contributed by atoms with Gasteiger partial charge in [-0.05, 0) is 39.3 Å².